The molecule has 2 aliphatic rings. The summed E-state index contributed by atoms with van der Waals surface area (Å²) in [4.78, 5) is 44.6. The van der Waals surface area contributed by atoms with Crippen molar-refractivity contribution in [3.05, 3.63) is 76.9 Å². The number of aryl methyl sites for hydroxylation is 2. The summed E-state index contributed by atoms with van der Waals surface area (Å²) in [6.07, 6.45) is 0. The van der Waals surface area contributed by atoms with Gasteiger partial charge in [-0.15, -0.1) is 0 Å². The molecule has 7 heteroatoms. The fourth-order valence-corrected chi connectivity index (χ4v) is 5.09. The van der Waals surface area contributed by atoms with Crippen molar-refractivity contribution < 1.29 is 14.4 Å². The van der Waals surface area contributed by atoms with Crippen molar-refractivity contribution in [1.82, 2.24) is 14.7 Å². The Bertz CT molecular complexity index is 1240. The molecule has 0 spiro atoms. The van der Waals surface area contributed by atoms with E-state index in [0.717, 1.165) is 53.8 Å². The van der Waals surface area contributed by atoms with Gasteiger partial charge in [-0.25, -0.2) is 0 Å². The number of piperazine rings is 1. The van der Waals surface area contributed by atoms with E-state index in [0.29, 0.717) is 30.8 Å². The van der Waals surface area contributed by atoms with Crippen LogP contribution in [0.25, 0.3) is 10.8 Å². The average Bonchev–Trinajstić information content (AvgIpc) is 2.85. The van der Waals surface area contributed by atoms with E-state index in [9.17, 15) is 14.4 Å². The first-order chi connectivity index (χ1) is 16.9. The van der Waals surface area contributed by atoms with E-state index in [-0.39, 0.29) is 17.7 Å². The summed E-state index contributed by atoms with van der Waals surface area (Å²) in [5.41, 5.74) is 4.20. The number of para-hydroxylation sites is 1. The summed E-state index contributed by atoms with van der Waals surface area (Å²) in [6, 6.07) is 17.2. The molecule has 0 radical (unpaired) electrons. The van der Waals surface area contributed by atoms with Crippen molar-refractivity contribution in [3.8, 4) is 0 Å². The molecule has 0 aromatic heterocycles. The first kappa shape index (κ1) is 23.2. The van der Waals surface area contributed by atoms with Gasteiger partial charge in [0.05, 0.1) is 6.54 Å². The first-order valence-corrected chi connectivity index (χ1v) is 12.1. The van der Waals surface area contributed by atoms with Crippen molar-refractivity contribution in [1.29, 1.82) is 0 Å². The third-order valence-corrected chi connectivity index (χ3v) is 7.07. The molecule has 5 rings (SSSR count). The molecular formula is C28H30N4O3. The van der Waals surface area contributed by atoms with Crippen LogP contribution in [-0.2, 0) is 4.79 Å². The number of benzene rings is 3. The number of nitrogens with zero attached hydrogens (tertiary/aromatic N) is 3. The Kier molecular flexibility index (Phi) is 6.36. The van der Waals surface area contributed by atoms with Crippen molar-refractivity contribution in [2.75, 3.05) is 51.1 Å². The van der Waals surface area contributed by atoms with Crippen molar-refractivity contribution >= 4 is 34.2 Å². The highest BCUT2D eigenvalue weighted by Gasteiger charge is 2.33. The maximum absolute atomic E-state index is 13.1. The van der Waals surface area contributed by atoms with Gasteiger partial charge in [0.1, 0.15) is 0 Å². The van der Waals surface area contributed by atoms with Crippen molar-refractivity contribution in [2.45, 2.75) is 13.8 Å². The lowest BCUT2D eigenvalue weighted by atomic mass is 9.94. The molecule has 35 heavy (non-hydrogen) atoms. The van der Waals surface area contributed by atoms with Crippen LogP contribution in [0.5, 0.6) is 0 Å². The zero-order valence-electron chi connectivity index (χ0n) is 20.2. The van der Waals surface area contributed by atoms with Gasteiger partial charge in [-0.05, 0) is 42.5 Å². The molecule has 0 saturated carbocycles. The number of hydrogen-bond acceptors (Lipinski definition) is 5. The summed E-state index contributed by atoms with van der Waals surface area (Å²) in [6.45, 7) is 8.45. The average molecular weight is 471 g/mol. The molecule has 2 heterocycles. The molecule has 1 saturated heterocycles. The van der Waals surface area contributed by atoms with Gasteiger partial charge >= 0.3 is 0 Å². The van der Waals surface area contributed by atoms with E-state index in [1.165, 1.54) is 4.90 Å². The monoisotopic (exact) mass is 470 g/mol. The highest BCUT2D eigenvalue weighted by atomic mass is 16.2. The van der Waals surface area contributed by atoms with Gasteiger partial charge in [0.2, 0.25) is 5.91 Å². The fraction of sp³-hybridized carbons (Fsp3) is 0.321. The summed E-state index contributed by atoms with van der Waals surface area (Å²) in [7, 11) is 0. The summed E-state index contributed by atoms with van der Waals surface area (Å²) >= 11 is 0. The Labute approximate surface area is 205 Å². The molecule has 7 nitrogen and oxygen atoms in total. The van der Waals surface area contributed by atoms with Gasteiger partial charge in [0, 0.05) is 61.5 Å². The van der Waals surface area contributed by atoms with Crippen LogP contribution >= 0.6 is 0 Å². The Balaban J connectivity index is 1.14. The molecule has 0 bridgehead atoms. The van der Waals surface area contributed by atoms with Gasteiger partial charge in [-0.1, -0.05) is 42.5 Å². The number of hydrogen-bond donors (Lipinski definition) is 1. The topological polar surface area (TPSA) is 73.0 Å². The number of anilines is 1. The van der Waals surface area contributed by atoms with Crippen LogP contribution in [-0.4, -0.2) is 78.2 Å². The smallest absolute Gasteiger partial charge is 0.261 e. The van der Waals surface area contributed by atoms with Gasteiger partial charge in [0.25, 0.3) is 11.8 Å². The van der Waals surface area contributed by atoms with E-state index in [1.807, 2.05) is 56.3 Å². The highest BCUT2D eigenvalue weighted by molar-refractivity contribution is 6.25. The van der Waals surface area contributed by atoms with Crippen molar-refractivity contribution in [3.63, 3.8) is 0 Å². The van der Waals surface area contributed by atoms with Gasteiger partial charge < -0.3 is 5.32 Å². The lowest BCUT2D eigenvalue weighted by Crippen LogP contribution is -2.51. The van der Waals surface area contributed by atoms with E-state index < -0.39 is 0 Å². The molecule has 0 unspecified atom stereocenters. The van der Waals surface area contributed by atoms with Gasteiger partial charge in [-0.3, -0.25) is 29.1 Å². The molecule has 0 aliphatic carbocycles. The van der Waals surface area contributed by atoms with Crippen LogP contribution in [0.3, 0.4) is 0 Å². The van der Waals surface area contributed by atoms with E-state index in [1.54, 1.807) is 12.1 Å². The zero-order valence-corrected chi connectivity index (χ0v) is 20.2. The molecule has 3 amide bonds. The van der Waals surface area contributed by atoms with E-state index in [4.69, 9.17) is 0 Å². The maximum Gasteiger partial charge on any atom is 0.261 e. The second-order valence-corrected chi connectivity index (χ2v) is 9.40. The largest absolute Gasteiger partial charge is 0.324 e. The Morgan fingerprint density at radius 3 is 1.91 bits per heavy atom. The van der Waals surface area contributed by atoms with Crippen LogP contribution in [0.1, 0.15) is 31.8 Å². The number of nitrogens with one attached hydrogen (secondary N) is 1. The summed E-state index contributed by atoms with van der Waals surface area (Å²) < 4.78 is 0. The quantitative estimate of drug-likeness (QED) is 0.560. The molecule has 3 aromatic rings. The molecule has 2 aliphatic heterocycles. The van der Waals surface area contributed by atoms with Crippen LogP contribution in [0.4, 0.5) is 5.69 Å². The second kappa shape index (κ2) is 9.60. The number of rotatable bonds is 6. The lowest BCUT2D eigenvalue weighted by Gasteiger charge is -2.35. The zero-order chi connectivity index (χ0) is 24.5. The minimum Gasteiger partial charge on any atom is -0.324 e. The number of carbonyl (C=O) groups excluding carboxylic acids is 3. The molecule has 1 fully saturated rings. The third kappa shape index (κ3) is 4.57. The van der Waals surface area contributed by atoms with Crippen LogP contribution < -0.4 is 5.32 Å². The number of amides is 3. The van der Waals surface area contributed by atoms with E-state index >= 15 is 0 Å². The molecule has 0 atom stereocenters. The predicted molar refractivity (Wildman–Crippen MR) is 137 cm³/mol. The van der Waals surface area contributed by atoms with Gasteiger partial charge in [0.15, 0.2) is 0 Å². The Morgan fingerprint density at radius 2 is 1.31 bits per heavy atom. The molecule has 3 aromatic carbocycles. The third-order valence-electron chi connectivity index (χ3n) is 7.07. The van der Waals surface area contributed by atoms with Crippen LogP contribution in [0.15, 0.2) is 54.6 Å². The normalized spacial score (nSPS) is 16.7. The first-order valence-electron chi connectivity index (χ1n) is 12.1. The van der Waals surface area contributed by atoms with Gasteiger partial charge in [-0.2, -0.15) is 0 Å². The minimum atomic E-state index is -0.221. The minimum absolute atomic E-state index is 0.00630. The number of imide groups is 1. The fourth-order valence-electron chi connectivity index (χ4n) is 5.09. The highest BCUT2D eigenvalue weighted by Crippen LogP contribution is 2.29. The SMILES string of the molecule is Cc1cccc(C)c1NC(=O)CN1CCN(CCN2C(=O)c3cccc4cccc(c34)C2=O)CC1. The summed E-state index contributed by atoms with van der Waals surface area (Å²) in [5, 5.41) is 4.73. The summed E-state index contributed by atoms with van der Waals surface area (Å²) in [5.74, 6) is -0.449. The predicted octanol–water partition coefficient (Wildman–Crippen LogP) is 3.31. The molecule has 180 valence electrons. The second-order valence-electron chi connectivity index (χ2n) is 9.40. The van der Waals surface area contributed by atoms with Crippen molar-refractivity contribution in [2.24, 2.45) is 0 Å². The maximum atomic E-state index is 13.1. The van der Waals surface area contributed by atoms with E-state index in [2.05, 4.69) is 15.1 Å². The van der Waals surface area contributed by atoms with Crippen LogP contribution in [0, 0.1) is 13.8 Å². The van der Waals surface area contributed by atoms with Crippen LogP contribution in [0.2, 0.25) is 0 Å². The molecular weight excluding hydrogens is 440 g/mol. The molecule has 1 N–H and O–H groups in total. The number of carbonyl (C=O) groups is 3. The Hall–Kier alpha value is -3.55. The lowest BCUT2D eigenvalue weighted by molar-refractivity contribution is -0.117. The Morgan fingerprint density at radius 1 is 0.771 bits per heavy atom. The standard InChI is InChI=1S/C28H30N4O3/c1-19-6-3-7-20(2)26(19)29-24(33)18-31-14-12-30(13-15-31)16-17-32-27(34)22-10-4-8-21-9-5-11-23(25(21)22)28(32)35/h3-11H,12-18H2,1-2H3,(H,29,33).